The van der Waals surface area contributed by atoms with E-state index in [2.05, 4.69) is 15.5 Å². The third kappa shape index (κ3) is 4.30. The molecule has 0 fully saturated rings. The number of thioether (sulfide) groups is 1. The van der Waals surface area contributed by atoms with Gasteiger partial charge in [-0.3, -0.25) is 4.79 Å². The first kappa shape index (κ1) is 16.5. The summed E-state index contributed by atoms with van der Waals surface area (Å²) in [5, 5.41) is 11.4. The van der Waals surface area contributed by atoms with Gasteiger partial charge in [0.1, 0.15) is 12.1 Å². The smallest absolute Gasteiger partial charge is 0.230 e. The average Bonchev–Trinajstić information content (AvgIpc) is 2.89. The first-order valence-corrected chi connectivity index (χ1v) is 7.97. The van der Waals surface area contributed by atoms with E-state index < -0.39 is 0 Å². The van der Waals surface area contributed by atoms with E-state index in [0.717, 1.165) is 5.56 Å². The molecule has 0 bridgehead atoms. The molecule has 22 heavy (non-hydrogen) atoms. The minimum atomic E-state index is -0.282. The Morgan fingerprint density at radius 3 is 2.59 bits per heavy atom. The van der Waals surface area contributed by atoms with Gasteiger partial charge in [0.25, 0.3) is 0 Å². The van der Waals surface area contributed by atoms with Gasteiger partial charge in [-0.25, -0.2) is 4.39 Å². The third-order valence-corrected chi connectivity index (χ3v) is 4.25. The fourth-order valence-electron chi connectivity index (χ4n) is 2.05. The van der Waals surface area contributed by atoms with E-state index in [1.807, 2.05) is 20.9 Å². The number of benzene rings is 1. The minimum absolute atomic E-state index is 0.0870. The van der Waals surface area contributed by atoms with Crippen LogP contribution in [-0.2, 0) is 11.8 Å². The molecule has 0 saturated carbocycles. The number of amides is 1. The van der Waals surface area contributed by atoms with Gasteiger partial charge in [0.15, 0.2) is 5.16 Å². The van der Waals surface area contributed by atoms with E-state index >= 15 is 0 Å². The summed E-state index contributed by atoms with van der Waals surface area (Å²) in [6, 6.07) is 6.08. The van der Waals surface area contributed by atoms with Crippen molar-refractivity contribution >= 4 is 17.7 Å². The lowest BCUT2D eigenvalue weighted by Gasteiger charge is -2.22. The number of nitrogens with one attached hydrogen (secondary N) is 1. The monoisotopic (exact) mass is 322 g/mol. The highest BCUT2D eigenvalue weighted by molar-refractivity contribution is 7.99. The standard InChI is InChI=1S/C15H19FN4OS/c1-10(2)14(11-4-6-12(16)7-5-11)18-13(21)8-22-15-19-17-9-20(15)3/h4-7,9-10,14H,8H2,1-3H3,(H,18,21). The largest absolute Gasteiger partial charge is 0.348 e. The Labute approximate surface area is 133 Å². The van der Waals surface area contributed by atoms with Crippen molar-refractivity contribution in [3.05, 3.63) is 42.0 Å². The summed E-state index contributed by atoms with van der Waals surface area (Å²) in [4.78, 5) is 12.1. The lowest BCUT2D eigenvalue weighted by atomic mass is 9.96. The zero-order valence-corrected chi connectivity index (χ0v) is 13.6. The van der Waals surface area contributed by atoms with Crippen LogP contribution in [0.2, 0.25) is 0 Å². The van der Waals surface area contributed by atoms with Crippen molar-refractivity contribution in [2.75, 3.05) is 5.75 Å². The summed E-state index contributed by atoms with van der Waals surface area (Å²) >= 11 is 1.33. The molecule has 1 unspecified atom stereocenters. The average molecular weight is 322 g/mol. The maximum Gasteiger partial charge on any atom is 0.230 e. The molecule has 0 spiro atoms. The predicted octanol–water partition coefficient (Wildman–Crippen LogP) is 2.56. The Morgan fingerprint density at radius 1 is 1.36 bits per heavy atom. The molecule has 5 nitrogen and oxygen atoms in total. The maximum absolute atomic E-state index is 13.0. The number of hydrogen-bond donors (Lipinski definition) is 1. The van der Waals surface area contributed by atoms with Gasteiger partial charge in [-0.15, -0.1) is 10.2 Å². The van der Waals surface area contributed by atoms with Crippen LogP contribution in [0, 0.1) is 11.7 Å². The summed E-state index contributed by atoms with van der Waals surface area (Å²) in [7, 11) is 1.83. The van der Waals surface area contributed by atoms with E-state index in [1.54, 1.807) is 23.0 Å². The maximum atomic E-state index is 13.0. The van der Waals surface area contributed by atoms with Crippen molar-refractivity contribution in [2.45, 2.75) is 25.0 Å². The Kier molecular flexibility index (Phi) is 5.54. The second-order valence-electron chi connectivity index (χ2n) is 5.35. The molecule has 1 aromatic heterocycles. The molecule has 2 aromatic rings. The molecule has 1 amide bonds. The topological polar surface area (TPSA) is 59.8 Å². The normalized spacial score (nSPS) is 12.4. The third-order valence-electron chi connectivity index (χ3n) is 3.21. The van der Waals surface area contributed by atoms with Gasteiger partial charge in [0.2, 0.25) is 5.91 Å². The predicted molar refractivity (Wildman–Crippen MR) is 83.8 cm³/mol. The van der Waals surface area contributed by atoms with Crippen LogP contribution in [0.25, 0.3) is 0 Å². The van der Waals surface area contributed by atoms with Crippen molar-refractivity contribution in [3.63, 3.8) is 0 Å². The lowest BCUT2D eigenvalue weighted by molar-refractivity contribution is -0.119. The zero-order chi connectivity index (χ0) is 16.1. The fraction of sp³-hybridized carbons (Fsp3) is 0.400. The molecule has 1 atom stereocenters. The zero-order valence-electron chi connectivity index (χ0n) is 12.8. The highest BCUT2D eigenvalue weighted by atomic mass is 32.2. The van der Waals surface area contributed by atoms with Crippen molar-refractivity contribution in [1.82, 2.24) is 20.1 Å². The molecule has 0 saturated heterocycles. The van der Waals surface area contributed by atoms with Crippen molar-refractivity contribution in [2.24, 2.45) is 13.0 Å². The summed E-state index contributed by atoms with van der Waals surface area (Å²) in [5.74, 6) is 0.0948. The van der Waals surface area contributed by atoms with Gasteiger partial charge in [0.05, 0.1) is 11.8 Å². The molecule has 0 aliphatic rings. The molecule has 2 rings (SSSR count). The van der Waals surface area contributed by atoms with E-state index in [0.29, 0.717) is 5.16 Å². The molecule has 0 radical (unpaired) electrons. The quantitative estimate of drug-likeness (QED) is 0.830. The summed E-state index contributed by atoms with van der Waals surface area (Å²) < 4.78 is 14.8. The first-order chi connectivity index (χ1) is 10.5. The number of halogens is 1. The van der Waals surface area contributed by atoms with Crippen molar-refractivity contribution in [3.8, 4) is 0 Å². The second kappa shape index (κ2) is 7.40. The van der Waals surface area contributed by atoms with Gasteiger partial charge in [-0.2, -0.15) is 0 Å². The minimum Gasteiger partial charge on any atom is -0.348 e. The number of carbonyl (C=O) groups is 1. The number of aryl methyl sites for hydroxylation is 1. The van der Waals surface area contributed by atoms with Crippen LogP contribution in [0.1, 0.15) is 25.5 Å². The van der Waals surface area contributed by atoms with E-state index in [1.165, 1.54) is 23.9 Å². The van der Waals surface area contributed by atoms with Gasteiger partial charge in [-0.1, -0.05) is 37.7 Å². The number of rotatable bonds is 6. The van der Waals surface area contributed by atoms with Crippen molar-refractivity contribution < 1.29 is 9.18 Å². The molecule has 118 valence electrons. The van der Waals surface area contributed by atoms with Gasteiger partial charge in [0, 0.05) is 7.05 Å². The molecule has 1 aromatic carbocycles. The summed E-state index contributed by atoms with van der Waals surface area (Å²) in [5.41, 5.74) is 0.897. The van der Waals surface area contributed by atoms with Gasteiger partial charge in [-0.05, 0) is 23.6 Å². The molecule has 0 aliphatic heterocycles. The lowest BCUT2D eigenvalue weighted by Crippen LogP contribution is -2.33. The molecule has 1 heterocycles. The highest BCUT2D eigenvalue weighted by Gasteiger charge is 2.18. The molecule has 7 heteroatoms. The highest BCUT2D eigenvalue weighted by Crippen LogP contribution is 2.22. The van der Waals surface area contributed by atoms with Crippen LogP contribution >= 0.6 is 11.8 Å². The number of nitrogens with zero attached hydrogens (tertiary/aromatic N) is 3. The van der Waals surface area contributed by atoms with Crippen LogP contribution in [0.5, 0.6) is 0 Å². The Balaban J connectivity index is 1.97. The summed E-state index contributed by atoms with van der Waals surface area (Å²) in [6.07, 6.45) is 1.59. The summed E-state index contributed by atoms with van der Waals surface area (Å²) in [6.45, 7) is 4.04. The molecule has 1 N–H and O–H groups in total. The number of hydrogen-bond acceptors (Lipinski definition) is 4. The number of carbonyl (C=O) groups excluding carboxylic acids is 1. The van der Waals surface area contributed by atoms with Crippen LogP contribution in [0.4, 0.5) is 4.39 Å². The molecule has 0 aliphatic carbocycles. The number of aromatic nitrogens is 3. The van der Waals surface area contributed by atoms with Crippen molar-refractivity contribution in [1.29, 1.82) is 0 Å². The first-order valence-electron chi connectivity index (χ1n) is 6.99. The Bertz CT molecular complexity index is 627. The SMILES string of the molecule is CC(C)C(NC(=O)CSc1nncn1C)c1ccc(F)cc1. The van der Waals surface area contributed by atoms with E-state index in [4.69, 9.17) is 0 Å². The van der Waals surface area contributed by atoms with Crippen LogP contribution < -0.4 is 5.32 Å². The van der Waals surface area contributed by atoms with Crippen LogP contribution in [0.15, 0.2) is 35.7 Å². The van der Waals surface area contributed by atoms with Gasteiger partial charge >= 0.3 is 0 Å². The second-order valence-corrected chi connectivity index (χ2v) is 6.30. The Morgan fingerprint density at radius 2 is 2.05 bits per heavy atom. The Hall–Kier alpha value is -1.89. The van der Waals surface area contributed by atoms with Crippen LogP contribution in [-0.4, -0.2) is 26.4 Å². The van der Waals surface area contributed by atoms with Gasteiger partial charge < -0.3 is 9.88 Å². The van der Waals surface area contributed by atoms with Crippen LogP contribution in [0.3, 0.4) is 0 Å². The van der Waals surface area contributed by atoms with E-state index in [9.17, 15) is 9.18 Å². The molecular weight excluding hydrogens is 303 g/mol. The fourth-order valence-corrected chi connectivity index (χ4v) is 2.75. The van der Waals surface area contributed by atoms with E-state index in [-0.39, 0.29) is 29.4 Å². The molecular formula is C15H19FN4OS.